The average Bonchev–Trinajstić information content (AvgIpc) is 2.84. The molecule has 0 radical (unpaired) electrons. The van der Waals surface area contributed by atoms with Crippen molar-refractivity contribution >= 4 is 11.9 Å². The average molecular weight is 266 g/mol. The van der Waals surface area contributed by atoms with Crippen LogP contribution < -0.4 is 5.32 Å². The topological polar surface area (TPSA) is 97.1 Å². The summed E-state index contributed by atoms with van der Waals surface area (Å²) in [5.74, 6) is -1.08. The molecule has 1 saturated carbocycles. The Bertz CT molecular complexity index is 460. The first-order chi connectivity index (χ1) is 9.02. The van der Waals surface area contributed by atoms with Gasteiger partial charge in [0.15, 0.2) is 0 Å². The van der Waals surface area contributed by atoms with Crippen LogP contribution in [-0.4, -0.2) is 37.8 Å². The third-order valence-electron chi connectivity index (χ3n) is 3.80. The number of carboxylic acids is 1. The molecule has 104 valence electrons. The van der Waals surface area contributed by atoms with E-state index in [4.69, 9.17) is 0 Å². The highest BCUT2D eigenvalue weighted by atomic mass is 16.4. The van der Waals surface area contributed by atoms with Crippen molar-refractivity contribution in [1.82, 2.24) is 20.1 Å². The summed E-state index contributed by atoms with van der Waals surface area (Å²) >= 11 is 0. The van der Waals surface area contributed by atoms with Crippen molar-refractivity contribution in [3.8, 4) is 0 Å². The van der Waals surface area contributed by atoms with Gasteiger partial charge in [-0.25, -0.2) is 9.67 Å². The molecule has 2 unspecified atom stereocenters. The predicted octanol–water partition coefficient (Wildman–Crippen LogP) is 0.428. The van der Waals surface area contributed by atoms with Crippen LogP contribution in [0.3, 0.4) is 0 Å². The molecule has 0 bridgehead atoms. The monoisotopic (exact) mass is 266 g/mol. The van der Waals surface area contributed by atoms with E-state index >= 15 is 0 Å². The quantitative estimate of drug-likeness (QED) is 0.823. The van der Waals surface area contributed by atoms with E-state index in [0.717, 1.165) is 12.8 Å². The van der Waals surface area contributed by atoms with E-state index in [1.807, 2.05) is 0 Å². The van der Waals surface area contributed by atoms with Gasteiger partial charge in [-0.05, 0) is 19.8 Å². The molecule has 0 spiro atoms. The van der Waals surface area contributed by atoms with Gasteiger partial charge >= 0.3 is 5.97 Å². The van der Waals surface area contributed by atoms with E-state index in [0.29, 0.717) is 12.8 Å². The summed E-state index contributed by atoms with van der Waals surface area (Å²) in [4.78, 5) is 27.1. The van der Waals surface area contributed by atoms with Crippen LogP contribution in [0.25, 0.3) is 0 Å². The largest absolute Gasteiger partial charge is 0.481 e. The fraction of sp³-hybridized carbons (Fsp3) is 0.667. The van der Waals surface area contributed by atoms with Gasteiger partial charge in [0.25, 0.3) is 0 Å². The van der Waals surface area contributed by atoms with Gasteiger partial charge in [0.05, 0.1) is 5.41 Å². The number of carbonyl (C=O) groups excluding carboxylic acids is 1. The van der Waals surface area contributed by atoms with Crippen LogP contribution in [0.1, 0.15) is 32.6 Å². The van der Waals surface area contributed by atoms with E-state index in [-0.39, 0.29) is 18.5 Å². The number of rotatable bonds is 4. The molecule has 1 aromatic rings. The Morgan fingerprint density at radius 3 is 2.95 bits per heavy atom. The van der Waals surface area contributed by atoms with Crippen LogP contribution in [-0.2, 0) is 16.1 Å². The van der Waals surface area contributed by atoms with E-state index < -0.39 is 11.4 Å². The zero-order valence-corrected chi connectivity index (χ0v) is 10.9. The minimum Gasteiger partial charge on any atom is -0.481 e. The molecule has 7 heteroatoms. The molecular formula is C12H18N4O3. The first kappa shape index (κ1) is 13.5. The van der Waals surface area contributed by atoms with Crippen LogP contribution in [0.5, 0.6) is 0 Å². The maximum Gasteiger partial charge on any atom is 0.311 e. The van der Waals surface area contributed by atoms with Crippen LogP contribution in [0.4, 0.5) is 0 Å². The third kappa shape index (κ3) is 2.91. The van der Waals surface area contributed by atoms with Crippen LogP contribution in [0.2, 0.25) is 0 Å². The van der Waals surface area contributed by atoms with Crippen molar-refractivity contribution in [2.75, 3.05) is 0 Å². The summed E-state index contributed by atoms with van der Waals surface area (Å²) in [5, 5.41) is 16.0. The Balaban J connectivity index is 1.99. The number of nitrogens with one attached hydrogen (secondary N) is 1. The molecule has 1 aliphatic rings. The second kappa shape index (κ2) is 5.38. The zero-order valence-electron chi connectivity index (χ0n) is 10.9. The van der Waals surface area contributed by atoms with Crippen molar-refractivity contribution in [3.05, 3.63) is 12.7 Å². The SMILES string of the molecule is CC1(C(=O)O)CCCCC1NC(=O)Cn1cncn1. The molecule has 1 aliphatic carbocycles. The second-order valence-corrected chi connectivity index (χ2v) is 5.18. The van der Waals surface area contributed by atoms with Crippen molar-refractivity contribution in [2.24, 2.45) is 5.41 Å². The summed E-state index contributed by atoms with van der Waals surface area (Å²) in [6, 6.07) is -0.324. The lowest BCUT2D eigenvalue weighted by Crippen LogP contribution is -2.52. The molecule has 2 N–H and O–H groups in total. The minimum atomic E-state index is -0.879. The van der Waals surface area contributed by atoms with Gasteiger partial charge in [0, 0.05) is 6.04 Å². The van der Waals surface area contributed by atoms with Gasteiger partial charge < -0.3 is 10.4 Å². The van der Waals surface area contributed by atoms with E-state index in [9.17, 15) is 14.7 Å². The van der Waals surface area contributed by atoms with Gasteiger partial charge in [-0.2, -0.15) is 5.10 Å². The van der Waals surface area contributed by atoms with Crippen LogP contribution >= 0.6 is 0 Å². The molecule has 1 heterocycles. The molecule has 0 saturated heterocycles. The summed E-state index contributed by atoms with van der Waals surface area (Å²) in [7, 11) is 0. The minimum absolute atomic E-state index is 0.0617. The summed E-state index contributed by atoms with van der Waals surface area (Å²) in [5.41, 5.74) is -0.879. The summed E-state index contributed by atoms with van der Waals surface area (Å²) in [6.45, 7) is 1.76. The van der Waals surface area contributed by atoms with Crippen molar-refractivity contribution in [2.45, 2.75) is 45.2 Å². The Kier molecular flexibility index (Phi) is 3.82. The number of carboxylic acid groups (broad SMARTS) is 1. The summed E-state index contributed by atoms with van der Waals surface area (Å²) in [6.07, 6.45) is 5.93. The molecule has 0 aromatic carbocycles. The normalized spacial score (nSPS) is 26.9. The fourth-order valence-electron chi connectivity index (χ4n) is 2.52. The Hall–Kier alpha value is -1.92. The Morgan fingerprint density at radius 1 is 1.53 bits per heavy atom. The predicted molar refractivity (Wildman–Crippen MR) is 66.2 cm³/mol. The van der Waals surface area contributed by atoms with E-state index in [1.54, 1.807) is 6.92 Å². The highest BCUT2D eigenvalue weighted by Crippen LogP contribution is 2.36. The zero-order chi connectivity index (χ0) is 13.9. The van der Waals surface area contributed by atoms with Gasteiger partial charge in [-0.15, -0.1) is 0 Å². The lowest BCUT2D eigenvalue weighted by Gasteiger charge is -2.38. The van der Waals surface area contributed by atoms with Crippen molar-refractivity contribution in [3.63, 3.8) is 0 Å². The number of hydrogen-bond donors (Lipinski definition) is 2. The third-order valence-corrected chi connectivity index (χ3v) is 3.80. The smallest absolute Gasteiger partial charge is 0.311 e. The number of hydrogen-bond acceptors (Lipinski definition) is 4. The van der Waals surface area contributed by atoms with Crippen LogP contribution in [0, 0.1) is 5.41 Å². The highest BCUT2D eigenvalue weighted by molar-refractivity contribution is 5.79. The standard InChI is InChI=1S/C12H18N4O3/c1-12(11(18)19)5-3-2-4-9(12)15-10(17)6-16-8-13-7-14-16/h7-9H,2-6H2,1H3,(H,15,17)(H,18,19). The molecule has 2 rings (SSSR count). The number of aliphatic carboxylic acids is 1. The number of nitrogens with zero attached hydrogens (tertiary/aromatic N) is 3. The molecule has 19 heavy (non-hydrogen) atoms. The van der Waals surface area contributed by atoms with E-state index in [1.165, 1.54) is 17.3 Å². The van der Waals surface area contributed by atoms with Gasteiger partial charge in [-0.1, -0.05) is 12.8 Å². The fourth-order valence-corrected chi connectivity index (χ4v) is 2.52. The van der Waals surface area contributed by atoms with Gasteiger partial charge in [0.1, 0.15) is 19.2 Å². The van der Waals surface area contributed by atoms with E-state index in [2.05, 4.69) is 15.4 Å². The van der Waals surface area contributed by atoms with Crippen molar-refractivity contribution in [1.29, 1.82) is 0 Å². The lowest BCUT2D eigenvalue weighted by molar-refractivity contribution is -0.152. The molecule has 1 aromatic heterocycles. The van der Waals surface area contributed by atoms with Gasteiger partial charge in [0.2, 0.25) is 5.91 Å². The maximum absolute atomic E-state index is 11.9. The highest BCUT2D eigenvalue weighted by Gasteiger charge is 2.43. The number of carbonyl (C=O) groups is 2. The summed E-state index contributed by atoms with van der Waals surface area (Å²) < 4.78 is 1.41. The number of aromatic nitrogens is 3. The molecule has 0 aliphatic heterocycles. The second-order valence-electron chi connectivity index (χ2n) is 5.18. The number of amides is 1. The first-order valence-electron chi connectivity index (χ1n) is 6.37. The van der Waals surface area contributed by atoms with Gasteiger partial charge in [-0.3, -0.25) is 9.59 Å². The molecule has 2 atom stereocenters. The van der Waals surface area contributed by atoms with Crippen molar-refractivity contribution < 1.29 is 14.7 Å². The Morgan fingerprint density at radius 2 is 2.32 bits per heavy atom. The van der Waals surface area contributed by atoms with Crippen LogP contribution in [0.15, 0.2) is 12.7 Å². The molecule has 1 amide bonds. The molecule has 1 fully saturated rings. The molecule has 7 nitrogen and oxygen atoms in total. The first-order valence-corrected chi connectivity index (χ1v) is 6.37. The Labute approximate surface area is 111 Å². The molecular weight excluding hydrogens is 248 g/mol. The maximum atomic E-state index is 11.9. The lowest BCUT2D eigenvalue weighted by atomic mass is 9.71.